The van der Waals surface area contributed by atoms with Crippen LogP contribution in [0.5, 0.6) is 0 Å². The van der Waals surface area contributed by atoms with Crippen molar-refractivity contribution in [3.63, 3.8) is 0 Å². The fraction of sp³-hybridized carbons (Fsp3) is 0.200. The molecule has 0 bridgehead atoms. The van der Waals surface area contributed by atoms with Crippen LogP contribution in [-0.4, -0.2) is 23.1 Å². The summed E-state index contributed by atoms with van der Waals surface area (Å²) in [5.41, 5.74) is 0.562. The van der Waals surface area contributed by atoms with Gasteiger partial charge in [0.15, 0.2) is 11.6 Å². The first-order chi connectivity index (χ1) is 12.2. The highest BCUT2D eigenvalue weighted by molar-refractivity contribution is 9.10. The third kappa shape index (κ3) is 4.62. The molecule has 0 heterocycles. The predicted molar refractivity (Wildman–Crippen MR) is 105 cm³/mol. The fourth-order valence-corrected chi connectivity index (χ4v) is 3.26. The zero-order chi connectivity index (χ0) is 19.4. The Hall–Kier alpha value is -1.92. The van der Waals surface area contributed by atoms with Gasteiger partial charge in [-0.3, -0.25) is 19.2 Å². The lowest BCUT2D eigenvalue weighted by Crippen LogP contribution is -2.39. The van der Waals surface area contributed by atoms with E-state index in [9.17, 15) is 19.2 Å². The maximum absolute atomic E-state index is 12.9. The van der Waals surface area contributed by atoms with Crippen molar-refractivity contribution < 1.29 is 19.2 Å². The van der Waals surface area contributed by atoms with Gasteiger partial charge in [-0.25, -0.2) is 0 Å². The molecule has 0 saturated heterocycles. The van der Waals surface area contributed by atoms with Crippen molar-refractivity contribution in [2.24, 2.45) is 11.8 Å². The number of halogens is 2. The summed E-state index contributed by atoms with van der Waals surface area (Å²) >= 11 is 6.56. The number of Topliss-reactive ketones (excluding diaryl/α,β-unsaturated/α-hetero) is 4. The average Bonchev–Trinajstić information content (AvgIpc) is 2.59. The number of carbonyl (C=O) groups is 4. The molecule has 4 nitrogen and oxygen atoms in total. The van der Waals surface area contributed by atoms with E-state index in [0.717, 1.165) is 8.95 Å². The molecule has 6 heteroatoms. The lowest BCUT2D eigenvalue weighted by Gasteiger charge is -2.21. The summed E-state index contributed by atoms with van der Waals surface area (Å²) in [6.45, 7) is 2.46. The highest BCUT2D eigenvalue weighted by atomic mass is 79.9. The van der Waals surface area contributed by atoms with E-state index in [4.69, 9.17) is 0 Å². The Morgan fingerprint density at radius 3 is 1.12 bits per heavy atom. The molecular formula is C20H16Br2O4. The molecule has 0 N–H and O–H groups in total. The van der Waals surface area contributed by atoms with Crippen LogP contribution in [0, 0.1) is 11.8 Å². The zero-order valence-corrected chi connectivity index (χ0v) is 17.3. The van der Waals surface area contributed by atoms with Crippen molar-refractivity contribution in [1.29, 1.82) is 0 Å². The Kier molecular flexibility index (Phi) is 6.78. The molecule has 0 aromatic heterocycles. The maximum Gasteiger partial charge on any atom is 0.174 e. The molecule has 2 atom stereocenters. The summed E-state index contributed by atoms with van der Waals surface area (Å²) in [7, 11) is 0. The first-order valence-electron chi connectivity index (χ1n) is 7.83. The second-order valence-corrected chi connectivity index (χ2v) is 7.75. The molecule has 0 aliphatic rings. The molecule has 2 aromatic rings. The van der Waals surface area contributed by atoms with E-state index in [1.165, 1.54) is 13.8 Å². The Morgan fingerprint density at radius 1 is 0.615 bits per heavy atom. The summed E-state index contributed by atoms with van der Waals surface area (Å²) in [6.07, 6.45) is 0. The largest absolute Gasteiger partial charge is 0.299 e. The van der Waals surface area contributed by atoms with Gasteiger partial charge in [-0.1, -0.05) is 56.1 Å². The molecule has 0 aliphatic carbocycles. The van der Waals surface area contributed by atoms with Crippen LogP contribution in [0.15, 0.2) is 57.5 Å². The topological polar surface area (TPSA) is 68.3 Å². The van der Waals surface area contributed by atoms with Crippen molar-refractivity contribution in [3.8, 4) is 0 Å². The van der Waals surface area contributed by atoms with Crippen LogP contribution in [-0.2, 0) is 9.59 Å². The minimum Gasteiger partial charge on any atom is -0.299 e. The van der Waals surface area contributed by atoms with E-state index in [-0.39, 0.29) is 11.1 Å². The Balaban J connectivity index is 2.46. The molecule has 2 unspecified atom stereocenters. The first kappa shape index (κ1) is 20.4. The van der Waals surface area contributed by atoms with Crippen molar-refractivity contribution in [3.05, 3.63) is 68.6 Å². The summed E-state index contributed by atoms with van der Waals surface area (Å²) < 4.78 is 1.56. The molecule has 0 spiro atoms. The highest BCUT2D eigenvalue weighted by Crippen LogP contribution is 2.26. The van der Waals surface area contributed by atoms with E-state index >= 15 is 0 Å². The van der Waals surface area contributed by atoms with Gasteiger partial charge in [-0.15, -0.1) is 0 Å². The van der Waals surface area contributed by atoms with Crippen molar-refractivity contribution in [2.45, 2.75) is 13.8 Å². The highest BCUT2D eigenvalue weighted by Gasteiger charge is 2.40. The summed E-state index contributed by atoms with van der Waals surface area (Å²) in [5, 5.41) is 0. The molecule has 0 aliphatic heterocycles. The number of ketones is 4. The predicted octanol–water partition coefficient (Wildman–Crippen LogP) is 4.69. The molecule has 2 rings (SSSR count). The van der Waals surface area contributed by atoms with E-state index in [2.05, 4.69) is 31.9 Å². The molecular weight excluding hydrogens is 464 g/mol. The van der Waals surface area contributed by atoms with Crippen molar-refractivity contribution in [2.75, 3.05) is 0 Å². The van der Waals surface area contributed by atoms with E-state index in [1.54, 1.807) is 48.5 Å². The van der Waals surface area contributed by atoms with Crippen LogP contribution in [0.1, 0.15) is 34.6 Å². The normalized spacial score (nSPS) is 12.9. The van der Waals surface area contributed by atoms with Crippen LogP contribution >= 0.6 is 31.9 Å². The fourth-order valence-electron chi connectivity index (χ4n) is 2.73. The Morgan fingerprint density at radius 2 is 0.885 bits per heavy atom. The van der Waals surface area contributed by atoms with Gasteiger partial charge in [-0.05, 0) is 38.1 Å². The van der Waals surface area contributed by atoms with E-state index in [1.807, 2.05) is 0 Å². The molecule has 0 radical (unpaired) electrons. The van der Waals surface area contributed by atoms with Gasteiger partial charge in [0.25, 0.3) is 0 Å². The molecule has 0 saturated carbocycles. The number of hydrogen-bond acceptors (Lipinski definition) is 4. The number of benzene rings is 2. The van der Waals surface area contributed by atoms with Crippen LogP contribution in [0.2, 0.25) is 0 Å². The van der Waals surface area contributed by atoms with E-state index < -0.39 is 35.0 Å². The lowest BCUT2D eigenvalue weighted by molar-refractivity contribution is -0.127. The minimum absolute atomic E-state index is 0.281. The van der Waals surface area contributed by atoms with Gasteiger partial charge in [0, 0.05) is 20.1 Å². The van der Waals surface area contributed by atoms with Crippen molar-refractivity contribution >= 4 is 55.0 Å². The SMILES string of the molecule is CC(=O)C(C(=O)c1ccc(Br)cc1)C(C(C)=O)C(=O)c1ccc(Br)cc1. The van der Waals surface area contributed by atoms with Crippen LogP contribution < -0.4 is 0 Å². The Bertz CT molecular complexity index is 781. The van der Waals surface area contributed by atoms with Gasteiger partial charge in [-0.2, -0.15) is 0 Å². The number of hydrogen-bond donors (Lipinski definition) is 0. The second kappa shape index (κ2) is 8.64. The van der Waals surface area contributed by atoms with Crippen molar-refractivity contribution in [1.82, 2.24) is 0 Å². The second-order valence-electron chi connectivity index (χ2n) is 5.92. The summed E-state index contributed by atoms with van der Waals surface area (Å²) in [4.78, 5) is 50.2. The Labute approximate surface area is 168 Å². The monoisotopic (exact) mass is 478 g/mol. The van der Waals surface area contributed by atoms with Gasteiger partial charge in [0.2, 0.25) is 0 Å². The van der Waals surface area contributed by atoms with Gasteiger partial charge in [0.1, 0.15) is 11.6 Å². The number of carbonyl (C=O) groups excluding carboxylic acids is 4. The molecule has 26 heavy (non-hydrogen) atoms. The van der Waals surface area contributed by atoms with Gasteiger partial charge in [0.05, 0.1) is 11.8 Å². The molecule has 2 aromatic carbocycles. The minimum atomic E-state index is -1.34. The van der Waals surface area contributed by atoms with Crippen LogP contribution in [0.3, 0.4) is 0 Å². The zero-order valence-electron chi connectivity index (χ0n) is 14.2. The molecule has 134 valence electrons. The summed E-state index contributed by atoms with van der Waals surface area (Å²) in [6, 6.07) is 12.9. The molecule has 0 fully saturated rings. The summed E-state index contributed by atoms with van der Waals surface area (Å²) in [5.74, 6) is -4.77. The number of rotatable bonds is 7. The third-order valence-electron chi connectivity index (χ3n) is 4.03. The maximum atomic E-state index is 12.9. The van der Waals surface area contributed by atoms with Crippen LogP contribution in [0.25, 0.3) is 0 Å². The van der Waals surface area contributed by atoms with Crippen LogP contribution in [0.4, 0.5) is 0 Å². The standard InChI is InChI=1S/C20H16Br2O4/c1-11(23)17(19(25)13-3-7-15(21)8-4-13)18(12(2)24)20(26)14-5-9-16(22)10-6-14/h3-10,17-18H,1-2H3. The molecule has 0 amide bonds. The van der Waals surface area contributed by atoms with E-state index in [0.29, 0.717) is 0 Å². The average molecular weight is 480 g/mol. The lowest BCUT2D eigenvalue weighted by atomic mass is 9.77. The first-order valence-corrected chi connectivity index (χ1v) is 9.41. The van der Waals surface area contributed by atoms with Gasteiger partial charge < -0.3 is 0 Å². The smallest absolute Gasteiger partial charge is 0.174 e. The van der Waals surface area contributed by atoms with Gasteiger partial charge >= 0.3 is 0 Å². The quantitative estimate of drug-likeness (QED) is 0.426. The third-order valence-corrected chi connectivity index (χ3v) is 5.09.